The van der Waals surface area contributed by atoms with E-state index in [0.717, 1.165) is 37.5 Å². The molecule has 1 aliphatic heterocycles. The first-order valence-electron chi connectivity index (χ1n) is 7.24. The Bertz CT molecular complexity index is 701. The van der Waals surface area contributed by atoms with Gasteiger partial charge in [0.15, 0.2) is 0 Å². The number of rotatable bonds is 5. The molecule has 0 amide bonds. The highest BCUT2D eigenvalue weighted by atomic mass is 35.5. The van der Waals surface area contributed by atoms with Gasteiger partial charge in [-0.3, -0.25) is 10.1 Å². The lowest BCUT2D eigenvalue weighted by atomic mass is 10.1. The van der Waals surface area contributed by atoms with Crippen LogP contribution in [-0.2, 0) is 19.4 Å². The van der Waals surface area contributed by atoms with Crippen LogP contribution in [0.25, 0.3) is 0 Å². The molecule has 1 aromatic heterocycles. The van der Waals surface area contributed by atoms with Gasteiger partial charge < -0.3 is 9.88 Å². The van der Waals surface area contributed by atoms with Gasteiger partial charge in [0.25, 0.3) is 5.69 Å². The second kappa shape index (κ2) is 6.31. The van der Waals surface area contributed by atoms with E-state index >= 15 is 0 Å². The van der Waals surface area contributed by atoms with E-state index in [1.807, 2.05) is 0 Å². The molecule has 2 heterocycles. The maximum Gasteiger partial charge on any atom is 0.293 e. The number of hydrogen-bond donors (Lipinski definition) is 1. The summed E-state index contributed by atoms with van der Waals surface area (Å²) in [6, 6.07) is 4.61. The lowest BCUT2D eigenvalue weighted by Gasteiger charge is -2.14. The van der Waals surface area contributed by atoms with E-state index in [1.165, 1.54) is 6.07 Å². The Balaban J connectivity index is 1.66. The van der Waals surface area contributed by atoms with Crippen molar-refractivity contribution >= 4 is 23.0 Å². The molecule has 0 radical (unpaired) electrons. The zero-order chi connectivity index (χ0) is 15.5. The number of nitro benzene ring substituents is 1. The van der Waals surface area contributed by atoms with Gasteiger partial charge in [-0.1, -0.05) is 11.6 Å². The van der Waals surface area contributed by atoms with E-state index in [9.17, 15) is 10.1 Å². The fourth-order valence-electron chi connectivity index (χ4n) is 2.67. The van der Waals surface area contributed by atoms with Gasteiger partial charge in [-0.15, -0.1) is 10.2 Å². The number of nitrogens with one attached hydrogen (secondary N) is 1. The lowest BCUT2D eigenvalue weighted by Crippen LogP contribution is -2.15. The quantitative estimate of drug-likeness (QED) is 0.676. The Morgan fingerprint density at radius 3 is 3.05 bits per heavy atom. The molecule has 0 unspecified atom stereocenters. The minimum absolute atomic E-state index is 0.0178. The molecule has 0 fully saturated rings. The van der Waals surface area contributed by atoms with Crippen LogP contribution in [0.5, 0.6) is 0 Å². The SMILES string of the molecule is O=[N+]([O-])c1cc(Cl)ccc1NCCc1nnc2n1CCCC2. The van der Waals surface area contributed by atoms with Gasteiger partial charge in [-0.25, -0.2) is 0 Å². The maximum atomic E-state index is 11.0. The Morgan fingerprint density at radius 1 is 1.36 bits per heavy atom. The first-order chi connectivity index (χ1) is 10.6. The zero-order valence-electron chi connectivity index (χ0n) is 12.0. The number of benzene rings is 1. The summed E-state index contributed by atoms with van der Waals surface area (Å²) in [6.45, 7) is 1.51. The van der Waals surface area contributed by atoms with E-state index in [0.29, 0.717) is 23.7 Å². The molecular formula is C14H16ClN5O2. The number of aryl methyl sites for hydroxylation is 1. The number of halogens is 1. The van der Waals surface area contributed by atoms with Crippen LogP contribution < -0.4 is 5.32 Å². The molecule has 3 rings (SSSR count). The molecule has 7 nitrogen and oxygen atoms in total. The van der Waals surface area contributed by atoms with Gasteiger partial charge in [-0.05, 0) is 25.0 Å². The molecule has 0 saturated heterocycles. The van der Waals surface area contributed by atoms with Crippen molar-refractivity contribution in [2.75, 3.05) is 11.9 Å². The first-order valence-corrected chi connectivity index (χ1v) is 7.62. The normalized spacial score (nSPS) is 13.7. The van der Waals surface area contributed by atoms with Crippen LogP contribution in [0.1, 0.15) is 24.5 Å². The average Bonchev–Trinajstić information content (AvgIpc) is 2.92. The topological polar surface area (TPSA) is 85.9 Å². The molecule has 0 bridgehead atoms. The molecule has 2 aromatic rings. The second-order valence-electron chi connectivity index (χ2n) is 5.24. The molecule has 0 aliphatic carbocycles. The summed E-state index contributed by atoms with van der Waals surface area (Å²) in [7, 11) is 0. The molecule has 0 saturated carbocycles. The van der Waals surface area contributed by atoms with Crippen molar-refractivity contribution in [3.63, 3.8) is 0 Å². The highest BCUT2D eigenvalue weighted by Crippen LogP contribution is 2.27. The zero-order valence-corrected chi connectivity index (χ0v) is 12.7. The van der Waals surface area contributed by atoms with Crippen molar-refractivity contribution in [3.8, 4) is 0 Å². The number of aromatic nitrogens is 3. The number of nitro groups is 1. The Hall–Kier alpha value is -2.15. The molecule has 8 heteroatoms. The van der Waals surface area contributed by atoms with E-state index < -0.39 is 4.92 Å². The Morgan fingerprint density at radius 2 is 2.23 bits per heavy atom. The van der Waals surface area contributed by atoms with E-state index in [4.69, 9.17) is 11.6 Å². The predicted octanol–water partition coefficient (Wildman–Crippen LogP) is 2.83. The van der Waals surface area contributed by atoms with Gasteiger partial charge >= 0.3 is 0 Å². The summed E-state index contributed by atoms with van der Waals surface area (Å²) >= 11 is 5.80. The van der Waals surface area contributed by atoms with Crippen molar-refractivity contribution in [3.05, 3.63) is 45.0 Å². The van der Waals surface area contributed by atoms with Crippen LogP contribution in [0, 0.1) is 10.1 Å². The molecule has 0 atom stereocenters. The first kappa shape index (κ1) is 14.8. The summed E-state index contributed by atoms with van der Waals surface area (Å²) < 4.78 is 2.15. The largest absolute Gasteiger partial charge is 0.379 e. The molecular weight excluding hydrogens is 306 g/mol. The molecule has 1 aromatic carbocycles. The van der Waals surface area contributed by atoms with E-state index in [2.05, 4.69) is 20.1 Å². The molecule has 116 valence electrons. The van der Waals surface area contributed by atoms with Crippen LogP contribution in [0.2, 0.25) is 5.02 Å². The van der Waals surface area contributed by atoms with Gasteiger partial charge in [0.1, 0.15) is 17.3 Å². The number of anilines is 1. The number of nitrogens with zero attached hydrogens (tertiary/aromatic N) is 4. The van der Waals surface area contributed by atoms with E-state index in [-0.39, 0.29) is 5.69 Å². The van der Waals surface area contributed by atoms with Crippen LogP contribution in [-0.4, -0.2) is 26.2 Å². The summed E-state index contributed by atoms with van der Waals surface area (Å²) in [4.78, 5) is 10.6. The number of hydrogen-bond acceptors (Lipinski definition) is 5. The van der Waals surface area contributed by atoms with Crippen molar-refractivity contribution in [1.29, 1.82) is 0 Å². The summed E-state index contributed by atoms with van der Waals surface area (Å²) in [5.74, 6) is 1.97. The minimum atomic E-state index is -0.437. The highest BCUT2D eigenvalue weighted by molar-refractivity contribution is 6.30. The van der Waals surface area contributed by atoms with Gasteiger partial charge in [0.05, 0.1) is 4.92 Å². The molecule has 1 N–H and O–H groups in total. The molecule has 1 aliphatic rings. The van der Waals surface area contributed by atoms with Gasteiger partial charge in [0, 0.05) is 37.0 Å². The van der Waals surface area contributed by atoms with Crippen LogP contribution >= 0.6 is 11.6 Å². The third-order valence-corrected chi connectivity index (χ3v) is 3.99. The van der Waals surface area contributed by atoms with Crippen LogP contribution in [0.4, 0.5) is 11.4 Å². The highest BCUT2D eigenvalue weighted by Gasteiger charge is 2.17. The van der Waals surface area contributed by atoms with Gasteiger partial charge in [0.2, 0.25) is 0 Å². The van der Waals surface area contributed by atoms with Crippen molar-refractivity contribution < 1.29 is 4.92 Å². The predicted molar refractivity (Wildman–Crippen MR) is 83.3 cm³/mol. The monoisotopic (exact) mass is 321 g/mol. The second-order valence-corrected chi connectivity index (χ2v) is 5.67. The third kappa shape index (κ3) is 3.04. The van der Waals surface area contributed by atoms with Crippen LogP contribution in [0.15, 0.2) is 18.2 Å². The average molecular weight is 322 g/mol. The van der Waals surface area contributed by atoms with Crippen molar-refractivity contribution in [2.24, 2.45) is 0 Å². The Kier molecular flexibility index (Phi) is 4.24. The number of fused-ring (bicyclic) bond motifs is 1. The van der Waals surface area contributed by atoms with Crippen LogP contribution in [0.3, 0.4) is 0 Å². The smallest absolute Gasteiger partial charge is 0.293 e. The fourth-order valence-corrected chi connectivity index (χ4v) is 2.83. The maximum absolute atomic E-state index is 11.0. The fraction of sp³-hybridized carbons (Fsp3) is 0.429. The molecule has 22 heavy (non-hydrogen) atoms. The summed E-state index contributed by atoms with van der Waals surface area (Å²) in [5.41, 5.74) is 0.448. The minimum Gasteiger partial charge on any atom is -0.379 e. The molecule has 0 spiro atoms. The van der Waals surface area contributed by atoms with Crippen molar-refractivity contribution in [1.82, 2.24) is 14.8 Å². The Labute approximate surface area is 132 Å². The van der Waals surface area contributed by atoms with Gasteiger partial charge in [-0.2, -0.15) is 0 Å². The standard InChI is InChI=1S/C14H16ClN5O2/c15-10-4-5-11(12(9-10)20(21)22)16-7-6-14-18-17-13-3-1-2-8-19(13)14/h4-5,9,16H,1-3,6-8H2. The summed E-state index contributed by atoms with van der Waals surface area (Å²) in [6.07, 6.45) is 3.96. The third-order valence-electron chi connectivity index (χ3n) is 3.76. The lowest BCUT2D eigenvalue weighted by molar-refractivity contribution is -0.383. The van der Waals surface area contributed by atoms with E-state index in [1.54, 1.807) is 12.1 Å². The van der Waals surface area contributed by atoms with Crippen molar-refractivity contribution in [2.45, 2.75) is 32.2 Å². The summed E-state index contributed by atoms with van der Waals surface area (Å²) in [5, 5.41) is 22.9.